The zero-order chi connectivity index (χ0) is 36.3. The molecule has 0 spiro atoms. The Morgan fingerprint density at radius 3 is 2.50 bits per heavy atom. The highest BCUT2D eigenvalue weighted by Gasteiger charge is 2.62. The molecule has 0 radical (unpaired) electrons. The predicted molar refractivity (Wildman–Crippen MR) is 183 cm³/mol. The highest BCUT2D eigenvalue weighted by molar-refractivity contribution is 7.97. The van der Waals surface area contributed by atoms with Gasteiger partial charge in [0.05, 0.1) is 17.6 Å². The van der Waals surface area contributed by atoms with Gasteiger partial charge in [0.15, 0.2) is 5.82 Å². The van der Waals surface area contributed by atoms with Crippen molar-refractivity contribution < 1.29 is 32.2 Å². The first-order chi connectivity index (χ1) is 23.4. The van der Waals surface area contributed by atoms with Crippen molar-refractivity contribution in [2.24, 2.45) is 11.3 Å². The van der Waals surface area contributed by atoms with Crippen LogP contribution in [0.4, 0.5) is 18.0 Å². The molecule has 1 unspecified atom stereocenters. The molecule has 5 rings (SSSR count). The molecule has 1 aliphatic heterocycles. The topological polar surface area (TPSA) is 116 Å². The Kier molecular flexibility index (Phi) is 11.4. The van der Waals surface area contributed by atoms with Gasteiger partial charge in [0.25, 0.3) is 5.91 Å². The summed E-state index contributed by atoms with van der Waals surface area (Å²) >= 11 is 7.42. The summed E-state index contributed by atoms with van der Waals surface area (Å²) < 4.78 is 56.5. The molecule has 1 aliphatic carbocycles. The average Bonchev–Trinajstić information content (AvgIpc) is 3.32. The number of aromatic nitrogens is 5. The zero-order valence-corrected chi connectivity index (χ0v) is 30.6. The van der Waals surface area contributed by atoms with Gasteiger partial charge in [-0.1, -0.05) is 18.0 Å². The van der Waals surface area contributed by atoms with Crippen LogP contribution in [0.15, 0.2) is 41.7 Å². The molecule has 1 saturated heterocycles. The number of hydrogen-bond acceptors (Lipinski definition) is 8. The summed E-state index contributed by atoms with van der Waals surface area (Å²) in [5.74, 6) is 0.580. The fourth-order valence-electron chi connectivity index (χ4n) is 6.25. The van der Waals surface area contributed by atoms with Crippen molar-refractivity contribution >= 4 is 35.5 Å². The smallest absolute Gasteiger partial charge is 0.410 e. The minimum atomic E-state index is -4.17. The van der Waals surface area contributed by atoms with Crippen LogP contribution in [0.2, 0.25) is 5.15 Å². The van der Waals surface area contributed by atoms with Gasteiger partial charge in [0, 0.05) is 49.0 Å². The number of unbranched alkanes of at least 4 members (excludes halogenated alkanes) is 1. The number of carbonyl (C=O) groups is 2. The molecule has 0 aromatic carbocycles. The Balaban J connectivity index is 1.02. The van der Waals surface area contributed by atoms with Gasteiger partial charge in [-0.05, 0) is 104 Å². The molecule has 0 bridgehead atoms. The van der Waals surface area contributed by atoms with E-state index in [0.717, 1.165) is 44.2 Å². The summed E-state index contributed by atoms with van der Waals surface area (Å²) in [4.78, 5) is 31.7. The molecular formula is C34H45ClF3N7O4S. The Bertz CT molecular complexity index is 1650. The van der Waals surface area contributed by atoms with Crippen LogP contribution in [0.1, 0.15) is 96.3 Å². The summed E-state index contributed by atoms with van der Waals surface area (Å²) in [5, 5.41) is 9.41. The molecule has 274 valence electrons. The van der Waals surface area contributed by atoms with Crippen molar-refractivity contribution in [2.45, 2.75) is 115 Å². The molecule has 2 amide bonds. The quantitative estimate of drug-likeness (QED) is 0.0999. The van der Waals surface area contributed by atoms with Crippen LogP contribution in [0, 0.1) is 11.3 Å². The number of nitrogens with one attached hydrogen (secondary N) is 1. The zero-order valence-electron chi connectivity index (χ0n) is 29.1. The monoisotopic (exact) mass is 739 g/mol. The summed E-state index contributed by atoms with van der Waals surface area (Å²) in [7, 11) is 0. The summed E-state index contributed by atoms with van der Waals surface area (Å²) in [5.41, 5.74) is -2.13. The predicted octanol–water partition coefficient (Wildman–Crippen LogP) is 8.26. The molecule has 3 aromatic rings. The average molecular weight is 740 g/mol. The molecule has 2 fully saturated rings. The largest absolute Gasteiger partial charge is 0.477 e. The number of pyridine rings is 1. The van der Waals surface area contributed by atoms with E-state index in [4.69, 9.17) is 21.1 Å². The lowest BCUT2D eigenvalue weighted by Gasteiger charge is -2.33. The number of halogens is 4. The SMILES string of the molecule is CC(C)(C)OC(=O)N1CC(CCCCn2ccc(SNC(=O)c3ccc(-n4ccc(OCCCC5(C(F)(F)F)CC5)n4)nc3Cl)n2)CC1(C)C. The minimum absolute atomic E-state index is 0.0224. The van der Waals surface area contributed by atoms with Gasteiger partial charge in [-0.2, -0.15) is 18.3 Å². The van der Waals surface area contributed by atoms with E-state index in [-0.39, 0.29) is 60.5 Å². The van der Waals surface area contributed by atoms with Crippen LogP contribution in [0.25, 0.3) is 5.82 Å². The van der Waals surface area contributed by atoms with Crippen molar-refractivity contribution in [3.05, 3.63) is 47.4 Å². The molecule has 3 aromatic heterocycles. The van der Waals surface area contributed by atoms with E-state index in [1.165, 1.54) is 10.7 Å². The van der Waals surface area contributed by atoms with Gasteiger partial charge in [0.1, 0.15) is 15.8 Å². The Labute approximate surface area is 299 Å². The Morgan fingerprint density at radius 1 is 1.06 bits per heavy atom. The number of alkyl halides is 3. The van der Waals surface area contributed by atoms with E-state index < -0.39 is 23.1 Å². The van der Waals surface area contributed by atoms with E-state index in [9.17, 15) is 22.8 Å². The maximum atomic E-state index is 13.1. The van der Waals surface area contributed by atoms with Gasteiger partial charge < -0.3 is 14.4 Å². The lowest BCUT2D eigenvalue weighted by atomic mass is 9.93. The van der Waals surface area contributed by atoms with Crippen LogP contribution in [-0.4, -0.2) is 71.9 Å². The second-order valence-corrected chi connectivity index (χ2v) is 15.9. The third-order valence-corrected chi connectivity index (χ3v) is 10.1. The van der Waals surface area contributed by atoms with Crippen LogP contribution in [0.5, 0.6) is 5.88 Å². The number of aryl methyl sites for hydroxylation is 1. The summed E-state index contributed by atoms with van der Waals surface area (Å²) in [6, 6.07) is 6.52. The Hall–Kier alpha value is -3.46. The summed E-state index contributed by atoms with van der Waals surface area (Å²) in [6.45, 7) is 11.4. The maximum Gasteiger partial charge on any atom is 0.410 e. The van der Waals surface area contributed by atoms with Crippen molar-refractivity contribution in [1.82, 2.24) is 34.2 Å². The van der Waals surface area contributed by atoms with Gasteiger partial charge in [0.2, 0.25) is 5.88 Å². The van der Waals surface area contributed by atoms with Crippen molar-refractivity contribution in [2.75, 3.05) is 13.2 Å². The van der Waals surface area contributed by atoms with Crippen molar-refractivity contribution in [1.29, 1.82) is 0 Å². The first-order valence-corrected chi connectivity index (χ1v) is 18.1. The number of rotatable bonds is 14. The normalized spacial score (nSPS) is 18.3. The number of amides is 2. The van der Waals surface area contributed by atoms with Crippen LogP contribution >= 0.6 is 23.5 Å². The number of carbonyl (C=O) groups excluding carboxylic acids is 2. The number of hydrogen-bond donors (Lipinski definition) is 1. The van der Waals surface area contributed by atoms with Gasteiger partial charge >= 0.3 is 12.3 Å². The lowest BCUT2D eigenvalue weighted by Crippen LogP contribution is -2.45. The second-order valence-electron chi connectivity index (χ2n) is 14.8. The third kappa shape index (κ3) is 9.65. The van der Waals surface area contributed by atoms with Crippen molar-refractivity contribution in [3.8, 4) is 11.7 Å². The standard InChI is InChI=1S/C34H45ClF3N7O4S/c1-31(2,3)49-30(47)44-22-23(21-32(44,4)5)9-6-7-17-43-18-13-27(41-43)50-42-29(46)24-10-11-25(39-28(24)35)45-19-12-26(40-45)48-20-8-14-33(15-16-33)34(36,37)38/h10-13,18-19,23H,6-9,14-17,20-22H2,1-5H3,(H,42,46). The lowest BCUT2D eigenvalue weighted by molar-refractivity contribution is -0.189. The van der Waals surface area contributed by atoms with E-state index >= 15 is 0 Å². The molecule has 4 heterocycles. The number of likely N-dealkylation sites (tertiary alicyclic amines) is 1. The molecule has 1 atom stereocenters. The molecule has 1 N–H and O–H groups in total. The van der Waals surface area contributed by atoms with E-state index in [2.05, 4.69) is 33.8 Å². The third-order valence-electron chi connectivity index (χ3n) is 9.07. The first kappa shape index (κ1) is 37.8. The molecule has 11 nitrogen and oxygen atoms in total. The number of ether oxygens (including phenoxy) is 2. The molecule has 2 aliphatic rings. The fraction of sp³-hybridized carbons (Fsp3) is 0.618. The van der Waals surface area contributed by atoms with Crippen LogP contribution in [0.3, 0.4) is 0 Å². The van der Waals surface area contributed by atoms with E-state index in [1.54, 1.807) is 18.3 Å². The fourth-order valence-corrected chi connectivity index (χ4v) is 7.07. The molecular weight excluding hydrogens is 695 g/mol. The van der Waals surface area contributed by atoms with E-state index in [1.807, 2.05) is 42.6 Å². The second kappa shape index (κ2) is 15.0. The Morgan fingerprint density at radius 2 is 1.82 bits per heavy atom. The van der Waals surface area contributed by atoms with Crippen LogP contribution < -0.4 is 9.46 Å². The first-order valence-electron chi connectivity index (χ1n) is 16.9. The molecule has 50 heavy (non-hydrogen) atoms. The van der Waals surface area contributed by atoms with Gasteiger partial charge in [-0.3, -0.25) is 14.2 Å². The number of nitrogens with zero attached hydrogens (tertiary/aromatic N) is 6. The van der Waals surface area contributed by atoms with Gasteiger partial charge in [-0.25, -0.2) is 14.5 Å². The maximum absolute atomic E-state index is 13.1. The molecule has 1 saturated carbocycles. The molecule has 16 heteroatoms. The van der Waals surface area contributed by atoms with Crippen LogP contribution in [-0.2, 0) is 11.3 Å². The van der Waals surface area contributed by atoms with Gasteiger partial charge in [-0.15, -0.1) is 5.10 Å². The van der Waals surface area contributed by atoms with E-state index in [0.29, 0.717) is 23.3 Å². The highest BCUT2D eigenvalue weighted by atomic mass is 35.5. The van der Waals surface area contributed by atoms with Crippen molar-refractivity contribution in [3.63, 3.8) is 0 Å². The summed E-state index contributed by atoms with van der Waals surface area (Å²) in [6.07, 6.45) is 3.59. The minimum Gasteiger partial charge on any atom is -0.477 e. The highest BCUT2D eigenvalue weighted by Crippen LogP contribution is 2.60.